The summed E-state index contributed by atoms with van der Waals surface area (Å²) in [5, 5.41) is 0. The zero-order valence-electron chi connectivity index (χ0n) is 15.0. The van der Waals surface area contributed by atoms with Crippen molar-refractivity contribution in [1.82, 2.24) is 24.8 Å². The van der Waals surface area contributed by atoms with Gasteiger partial charge in [-0.2, -0.15) is 0 Å². The van der Waals surface area contributed by atoms with Crippen LogP contribution in [0, 0.1) is 0 Å². The molecular weight excluding hydrogens is 326 g/mol. The first kappa shape index (κ1) is 17.1. The number of aromatic nitrogens is 3. The van der Waals surface area contributed by atoms with Gasteiger partial charge in [0.2, 0.25) is 0 Å². The highest BCUT2D eigenvalue weighted by atomic mass is 16.2. The minimum absolute atomic E-state index is 0.0650. The molecule has 4 rings (SSSR count). The normalized spacial score (nSPS) is 21.1. The lowest BCUT2D eigenvalue weighted by molar-refractivity contribution is 0.0560. The van der Waals surface area contributed by atoms with Gasteiger partial charge in [0.05, 0.1) is 5.56 Å². The molecule has 0 aromatic carbocycles. The van der Waals surface area contributed by atoms with E-state index in [9.17, 15) is 4.79 Å². The van der Waals surface area contributed by atoms with E-state index in [0.717, 1.165) is 31.5 Å². The van der Waals surface area contributed by atoms with Crippen LogP contribution in [0.3, 0.4) is 0 Å². The molecule has 2 saturated heterocycles. The number of pyridine rings is 1. The number of likely N-dealkylation sites (tertiary alicyclic amines) is 2. The first-order valence-electron chi connectivity index (χ1n) is 9.57. The molecule has 2 aliphatic rings. The van der Waals surface area contributed by atoms with Gasteiger partial charge in [-0.25, -0.2) is 9.97 Å². The number of carbonyl (C=O) groups is 1. The maximum Gasteiger partial charge on any atom is 0.257 e. The topological polar surface area (TPSA) is 62.2 Å². The smallest absolute Gasteiger partial charge is 0.257 e. The second-order valence-electron chi connectivity index (χ2n) is 7.19. The molecule has 0 bridgehead atoms. The molecule has 0 aliphatic carbocycles. The van der Waals surface area contributed by atoms with Crippen LogP contribution in [0.4, 0.5) is 0 Å². The molecule has 0 spiro atoms. The van der Waals surface area contributed by atoms with E-state index in [0.29, 0.717) is 17.4 Å². The largest absolute Gasteiger partial charge is 0.334 e. The molecule has 1 amide bonds. The van der Waals surface area contributed by atoms with Gasteiger partial charge in [0.1, 0.15) is 0 Å². The molecule has 1 atom stereocenters. The number of hydrogen-bond donors (Lipinski definition) is 0. The molecule has 2 aromatic heterocycles. The highest BCUT2D eigenvalue weighted by molar-refractivity contribution is 5.94. The Kier molecular flexibility index (Phi) is 5.20. The molecule has 2 aliphatic heterocycles. The van der Waals surface area contributed by atoms with Crippen LogP contribution < -0.4 is 0 Å². The van der Waals surface area contributed by atoms with E-state index in [-0.39, 0.29) is 5.91 Å². The standard InChI is InChI=1S/C20H25N5O/c26-20(17-13-22-19(23-14-17)16-6-8-21-9-7-16)25-12-2-1-5-18(25)15-24-10-3-4-11-24/h6-9,13-14,18H,1-5,10-12,15H2/t18-/m0/s1. The third-order valence-electron chi connectivity index (χ3n) is 5.39. The fourth-order valence-electron chi connectivity index (χ4n) is 3.98. The first-order valence-corrected chi connectivity index (χ1v) is 9.57. The van der Waals surface area contributed by atoms with Gasteiger partial charge in [0, 0.05) is 49.5 Å². The summed E-state index contributed by atoms with van der Waals surface area (Å²) < 4.78 is 0. The number of piperidine rings is 1. The maximum atomic E-state index is 13.0. The molecule has 0 saturated carbocycles. The van der Waals surface area contributed by atoms with Crippen molar-refractivity contribution in [1.29, 1.82) is 0 Å². The first-order chi connectivity index (χ1) is 12.8. The summed E-state index contributed by atoms with van der Waals surface area (Å²) in [5.74, 6) is 0.686. The molecule has 2 aromatic rings. The van der Waals surface area contributed by atoms with Gasteiger partial charge in [-0.1, -0.05) is 0 Å². The van der Waals surface area contributed by atoms with E-state index < -0.39 is 0 Å². The van der Waals surface area contributed by atoms with E-state index in [1.807, 2.05) is 17.0 Å². The third kappa shape index (κ3) is 3.75. The van der Waals surface area contributed by atoms with Gasteiger partial charge in [-0.15, -0.1) is 0 Å². The minimum Gasteiger partial charge on any atom is -0.334 e. The summed E-state index contributed by atoms with van der Waals surface area (Å²) >= 11 is 0. The zero-order chi connectivity index (χ0) is 17.8. The monoisotopic (exact) mass is 351 g/mol. The summed E-state index contributed by atoms with van der Waals surface area (Å²) in [5.41, 5.74) is 1.49. The quantitative estimate of drug-likeness (QED) is 0.847. The highest BCUT2D eigenvalue weighted by Gasteiger charge is 2.30. The highest BCUT2D eigenvalue weighted by Crippen LogP contribution is 2.22. The molecule has 136 valence electrons. The molecule has 0 unspecified atom stereocenters. The van der Waals surface area contributed by atoms with Crippen LogP contribution in [-0.2, 0) is 0 Å². The average Bonchev–Trinajstić information content (AvgIpc) is 3.22. The van der Waals surface area contributed by atoms with Gasteiger partial charge < -0.3 is 9.80 Å². The molecule has 0 radical (unpaired) electrons. The Hall–Kier alpha value is -2.34. The van der Waals surface area contributed by atoms with Crippen molar-refractivity contribution < 1.29 is 4.79 Å². The zero-order valence-corrected chi connectivity index (χ0v) is 15.0. The summed E-state index contributed by atoms with van der Waals surface area (Å²) in [6, 6.07) is 4.05. The summed E-state index contributed by atoms with van der Waals surface area (Å²) in [4.78, 5) is 30.4. The Morgan fingerprint density at radius 1 is 1.00 bits per heavy atom. The fraction of sp³-hybridized carbons (Fsp3) is 0.500. The van der Waals surface area contributed by atoms with E-state index in [1.165, 1.54) is 32.4 Å². The number of nitrogens with zero attached hydrogens (tertiary/aromatic N) is 5. The molecule has 26 heavy (non-hydrogen) atoms. The van der Waals surface area contributed by atoms with Gasteiger partial charge in [-0.05, 0) is 57.3 Å². The Morgan fingerprint density at radius 3 is 2.42 bits per heavy atom. The van der Waals surface area contributed by atoms with Crippen LogP contribution in [0.25, 0.3) is 11.4 Å². The number of hydrogen-bond acceptors (Lipinski definition) is 5. The van der Waals surface area contributed by atoms with Crippen molar-refractivity contribution >= 4 is 5.91 Å². The SMILES string of the molecule is O=C(c1cnc(-c2ccncc2)nc1)N1CCCC[C@H]1CN1CCCC1. The van der Waals surface area contributed by atoms with Gasteiger partial charge in [0.25, 0.3) is 5.91 Å². The van der Waals surface area contributed by atoms with Crippen molar-refractivity contribution in [2.45, 2.75) is 38.1 Å². The Labute approximate surface area is 154 Å². The number of rotatable bonds is 4. The van der Waals surface area contributed by atoms with Crippen molar-refractivity contribution in [2.24, 2.45) is 0 Å². The predicted octanol–water partition coefficient (Wildman–Crippen LogP) is 2.63. The molecule has 2 fully saturated rings. The summed E-state index contributed by atoms with van der Waals surface area (Å²) in [6.07, 6.45) is 12.7. The lowest BCUT2D eigenvalue weighted by Gasteiger charge is -2.37. The van der Waals surface area contributed by atoms with Crippen molar-refractivity contribution in [2.75, 3.05) is 26.2 Å². The number of carbonyl (C=O) groups excluding carboxylic acids is 1. The van der Waals surface area contributed by atoms with Crippen molar-refractivity contribution in [3.05, 3.63) is 42.5 Å². The van der Waals surface area contributed by atoms with Gasteiger partial charge >= 0.3 is 0 Å². The lowest BCUT2D eigenvalue weighted by atomic mass is 10.0. The Balaban J connectivity index is 1.48. The van der Waals surface area contributed by atoms with E-state index in [2.05, 4.69) is 19.9 Å². The molecule has 0 N–H and O–H groups in total. The molecule has 4 heterocycles. The van der Waals surface area contributed by atoms with Crippen LogP contribution in [0.15, 0.2) is 36.9 Å². The summed E-state index contributed by atoms with van der Waals surface area (Å²) in [6.45, 7) is 4.18. The van der Waals surface area contributed by atoms with E-state index in [4.69, 9.17) is 0 Å². The van der Waals surface area contributed by atoms with Crippen molar-refractivity contribution in [3.63, 3.8) is 0 Å². The average molecular weight is 351 g/mol. The molecular formula is C20H25N5O. The van der Waals surface area contributed by atoms with Gasteiger partial charge in [0.15, 0.2) is 5.82 Å². The second kappa shape index (κ2) is 7.91. The van der Waals surface area contributed by atoms with Crippen LogP contribution in [0.5, 0.6) is 0 Å². The maximum absolute atomic E-state index is 13.0. The Bertz CT molecular complexity index is 728. The fourth-order valence-corrected chi connectivity index (χ4v) is 3.98. The van der Waals surface area contributed by atoms with Crippen LogP contribution in [0.1, 0.15) is 42.5 Å². The lowest BCUT2D eigenvalue weighted by Crippen LogP contribution is -2.49. The Morgan fingerprint density at radius 2 is 1.69 bits per heavy atom. The molecule has 6 heteroatoms. The second-order valence-corrected chi connectivity index (χ2v) is 7.19. The van der Waals surface area contributed by atoms with E-state index in [1.54, 1.807) is 24.8 Å². The van der Waals surface area contributed by atoms with E-state index >= 15 is 0 Å². The summed E-state index contributed by atoms with van der Waals surface area (Å²) in [7, 11) is 0. The van der Waals surface area contributed by atoms with Crippen LogP contribution in [0.2, 0.25) is 0 Å². The predicted molar refractivity (Wildman–Crippen MR) is 99.6 cm³/mol. The van der Waals surface area contributed by atoms with Crippen LogP contribution >= 0.6 is 0 Å². The number of amides is 1. The van der Waals surface area contributed by atoms with Crippen LogP contribution in [-0.4, -0.2) is 62.9 Å². The van der Waals surface area contributed by atoms with Crippen molar-refractivity contribution in [3.8, 4) is 11.4 Å². The molecule has 6 nitrogen and oxygen atoms in total. The minimum atomic E-state index is 0.0650. The van der Waals surface area contributed by atoms with Gasteiger partial charge in [-0.3, -0.25) is 9.78 Å². The third-order valence-corrected chi connectivity index (χ3v) is 5.39.